The van der Waals surface area contributed by atoms with E-state index in [4.69, 9.17) is 19.8 Å². The summed E-state index contributed by atoms with van der Waals surface area (Å²) in [7, 11) is 2.14. The predicted molar refractivity (Wildman–Crippen MR) is 109 cm³/mol. The molecule has 1 aliphatic rings. The SMILES string of the molecule is CCC(=O)C1(c2ccsc2-c2ccccc2)CCN(C)CC1.O=C(O)C(=O)O. The van der Waals surface area contributed by atoms with Crippen molar-refractivity contribution in [3.05, 3.63) is 47.3 Å². The van der Waals surface area contributed by atoms with Gasteiger partial charge in [0.25, 0.3) is 0 Å². The second-order valence-corrected chi connectivity index (χ2v) is 7.72. The quantitative estimate of drug-likeness (QED) is 0.759. The summed E-state index contributed by atoms with van der Waals surface area (Å²) < 4.78 is 0. The number of carboxylic acids is 2. The fourth-order valence-corrected chi connectivity index (χ4v) is 4.54. The van der Waals surface area contributed by atoms with Gasteiger partial charge >= 0.3 is 11.9 Å². The van der Waals surface area contributed by atoms with Crippen LogP contribution in [0.3, 0.4) is 0 Å². The van der Waals surface area contributed by atoms with Crippen molar-refractivity contribution < 1.29 is 24.6 Å². The molecule has 0 atom stereocenters. The molecule has 3 rings (SSSR count). The third-order valence-electron chi connectivity index (χ3n) is 5.10. The van der Waals surface area contributed by atoms with E-state index in [1.807, 2.05) is 13.0 Å². The molecule has 0 aliphatic carbocycles. The standard InChI is InChI=1S/C19H23NOS.C2H2O4/c1-3-17(21)19(10-12-20(2)13-11-19)16-9-14-22-18(16)15-7-5-4-6-8-15;3-1(4)2(5)6/h4-9,14H,3,10-13H2,1-2H3;(H,3,4)(H,5,6). The molecule has 0 bridgehead atoms. The Kier molecular flexibility index (Phi) is 7.48. The van der Waals surface area contributed by atoms with Crippen LogP contribution < -0.4 is 0 Å². The Hall–Kier alpha value is -2.51. The summed E-state index contributed by atoms with van der Waals surface area (Å²) >= 11 is 1.76. The van der Waals surface area contributed by atoms with Gasteiger partial charge in [0.2, 0.25) is 0 Å². The Labute approximate surface area is 168 Å². The normalized spacial score (nSPS) is 15.9. The minimum atomic E-state index is -1.82. The van der Waals surface area contributed by atoms with Crippen molar-refractivity contribution >= 4 is 29.1 Å². The molecule has 28 heavy (non-hydrogen) atoms. The molecule has 1 aliphatic heterocycles. The molecule has 0 unspecified atom stereocenters. The molecule has 7 heteroatoms. The number of hydrogen-bond donors (Lipinski definition) is 2. The number of likely N-dealkylation sites (tertiary alicyclic amines) is 1. The second kappa shape index (κ2) is 9.61. The maximum Gasteiger partial charge on any atom is 0.414 e. The maximum atomic E-state index is 12.9. The van der Waals surface area contributed by atoms with Crippen LogP contribution >= 0.6 is 11.3 Å². The number of ketones is 1. The van der Waals surface area contributed by atoms with Gasteiger partial charge in [-0.3, -0.25) is 4.79 Å². The fourth-order valence-electron chi connectivity index (χ4n) is 3.54. The smallest absolute Gasteiger partial charge is 0.414 e. The zero-order valence-corrected chi connectivity index (χ0v) is 16.9. The average Bonchev–Trinajstić information content (AvgIpc) is 3.19. The van der Waals surface area contributed by atoms with Crippen molar-refractivity contribution in [2.75, 3.05) is 20.1 Å². The summed E-state index contributed by atoms with van der Waals surface area (Å²) in [5.41, 5.74) is 2.20. The lowest BCUT2D eigenvalue weighted by Crippen LogP contribution is -2.46. The van der Waals surface area contributed by atoms with Gasteiger partial charge in [0.05, 0.1) is 5.41 Å². The summed E-state index contributed by atoms with van der Waals surface area (Å²) in [6.07, 6.45) is 2.49. The highest BCUT2D eigenvalue weighted by Crippen LogP contribution is 2.44. The molecule has 1 saturated heterocycles. The predicted octanol–water partition coefficient (Wildman–Crippen LogP) is 3.51. The molecule has 2 aromatic rings. The van der Waals surface area contributed by atoms with Crippen molar-refractivity contribution in [3.8, 4) is 10.4 Å². The summed E-state index contributed by atoms with van der Waals surface area (Å²) in [5.74, 6) is -3.25. The highest BCUT2D eigenvalue weighted by Gasteiger charge is 2.42. The number of carboxylic acid groups (broad SMARTS) is 2. The number of carbonyl (C=O) groups excluding carboxylic acids is 1. The van der Waals surface area contributed by atoms with Crippen molar-refractivity contribution in [2.24, 2.45) is 0 Å². The molecular weight excluding hydrogens is 378 g/mol. The lowest BCUT2D eigenvalue weighted by molar-refractivity contribution is -0.159. The minimum Gasteiger partial charge on any atom is -0.473 e. The van der Waals surface area contributed by atoms with Crippen LogP contribution in [0.2, 0.25) is 0 Å². The Morgan fingerprint density at radius 2 is 1.61 bits per heavy atom. The molecule has 0 amide bonds. The summed E-state index contributed by atoms with van der Waals surface area (Å²) in [4.78, 5) is 34.7. The van der Waals surface area contributed by atoms with Crippen molar-refractivity contribution in [1.29, 1.82) is 0 Å². The molecule has 2 heterocycles. The number of hydrogen-bond acceptors (Lipinski definition) is 5. The zero-order valence-electron chi connectivity index (χ0n) is 16.1. The summed E-state index contributed by atoms with van der Waals surface area (Å²) in [5, 5.41) is 16.9. The van der Waals surface area contributed by atoms with Crippen LogP contribution in [-0.4, -0.2) is 53.0 Å². The third kappa shape index (κ3) is 4.85. The number of thiophene rings is 1. The first-order chi connectivity index (χ1) is 13.3. The van der Waals surface area contributed by atoms with Crippen LogP contribution in [0.5, 0.6) is 0 Å². The van der Waals surface area contributed by atoms with Crippen LogP contribution in [0, 0.1) is 0 Å². The van der Waals surface area contributed by atoms with E-state index in [-0.39, 0.29) is 5.41 Å². The Morgan fingerprint density at radius 3 is 2.11 bits per heavy atom. The van der Waals surface area contributed by atoms with Crippen LogP contribution in [-0.2, 0) is 19.8 Å². The van der Waals surface area contributed by atoms with Crippen LogP contribution in [0.4, 0.5) is 0 Å². The highest BCUT2D eigenvalue weighted by atomic mass is 32.1. The van der Waals surface area contributed by atoms with Crippen molar-refractivity contribution in [1.82, 2.24) is 4.90 Å². The van der Waals surface area contributed by atoms with Gasteiger partial charge in [-0.15, -0.1) is 11.3 Å². The largest absolute Gasteiger partial charge is 0.473 e. The number of nitrogens with zero attached hydrogens (tertiary/aromatic N) is 1. The number of benzene rings is 1. The average molecular weight is 404 g/mol. The second-order valence-electron chi connectivity index (χ2n) is 6.80. The van der Waals surface area contributed by atoms with Crippen LogP contribution in [0.25, 0.3) is 10.4 Å². The van der Waals surface area contributed by atoms with Crippen molar-refractivity contribution in [2.45, 2.75) is 31.6 Å². The number of rotatable bonds is 4. The van der Waals surface area contributed by atoms with Gasteiger partial charge in [0.15, 0.2) is 0 Å². The first-order valence-corrected chi connectivity index (χ1v) is 10.0. The molecule has 1 aromatic carbocycles. The Bertz CT molecular complexity index is 810. The molecule has 0 spiro atoms. The minimum absolute atomic E-state index is 0.285. The molecule has 150 valence electrons. The molecular formula is C21H25NO5S. The summed E-state index contributed by atoms with van der Waals surface area (Å²) in [6.45, 7) is 3.99. The van der Waals surface area contributed by atoms with E-state index >= 15 is 0 Å². The molecule has 0 saturated carbocycles. The van der Waals surface area contributed by atoms with E-state index in [0.717, 1.165) is 25.9 Å². The van der Waals surface area contributed by atoms with E-state index in [9.17, 15) is 4.79 Å². The molecule has 0 radical (unpaired) electrons. The van der Waals surface area contributed by atoms with E-state index in [1.54, 1.807) is 11.3 Å². The molecule has 1 fully saturated rings. The Morgan fingerprint density at radius 1 is 1.04 bits per heavy atom. The third-order valence-corrected chi connectivity index (χ3v) is 6.06. The van der Waals surface area contributed by atoms with Crippen LogP contribution in [0.15, 0.2) is 41.8 Å². The fraction of sp³-hybridized carbons (Fsp3) is 0.381. The lowest BCUT2D eigenvalue weighted by atomic mass is 9.68. The van der Waals surface area contributed by atoms with Gasteiger partial charge in [-0.05, 0) is 55.6 Å². The lowest BCUT2D eigenvalue weighted by Gasteiger charge is -2.40. The number of Topliss-reactive ketones (excluding diaryl/α,β-unsaturated/α-hetero) is 1. The summed E-state index contributed by atoms with van der Waals surface area (Å²) in [6, 6.07) is 12.7. The van der Waals surface area contributed by atoms with Gasteiger partial charge in [-0.1, -0.05) is 37.3 Å². The van der Waals surface area contributed by atoms with Crippen molar-refractivity contribution in [3.63, 3.8) is 0 Å². The van der Waals surface area contributed by atoms with E-state index in [0.29, 0.717) is 12.2 Å². The van der Waals surface area contributed by atoms with E-state index in [2.05, 4.69) is 47.7 Å². The van der Waals surface area contributed by atoms with Gasteiger partial charge in [-0.2, -0.15) is 0 Å². The Balaban J connectivity index is 0.000000409. The first kappa shape index (κ1) is 21.8. The van der Waals surface area contributed by atoms with Crippen LogP contribution in [0.1, 0.15) is 31.7 Å². The monoisotopic (exact) mass is 403 g/mol. The molecule has 1 aromatic heterocycles. The number of carbonyl (C=O) groups is 3. The van der Waals surface area contributed by atoms with Gasteiger partial charge in [-0.25, -0.2) is 9.59 Å². The van der Waals surface area contributed by atoms with E-state index in [1.165, 1.54) is 16.0 Å². The number of aliphatic carboxylic acids is 2. The molecule has 6 nitrogen and oxygen atoms in total. The highest BCUT2D eigenvalue weighted by molar-refractivity contribution is 7.13. The maximum absolute atomic E-state index is 12.9. The van der Waals surface area contributed by atoms with Gasteiger partial charge in [0, 0.05) is 11.3 Å². The van der Waals surface area contributed by atoms with Gasteiger partial charge < -0.3 is 15.1 Å². The van der Waals surface area contributed by atoms with Gasteiger partial charge in [0.1, 0.15) is 5.78 Å². The first-order valence-electron chi connectivity index (χ1n) is 9.13. The molecule has 2 N–H and O–H groups in total. The zero-order chi connectivity index (χ0) is 20.7. The van der Waals surface area contributed by atoms with E-state index < -0.39 is 11.9 Å². The number of piperidine rings is 1. The topological polar surface area (TPSA) is 94.9 Å².